The van der Waals surface area contributed by atoms with Crippen molar-refractivity contribution in [3.63, 3.8) is 0 Å². The van der Waals surface area contributed by atoms with Crippen LogP contribution in [0.25, 0.3) is 42.1 Å². The molecular formula is C49H40N2SSi. The van der Waals surface area contributed by atoms with E-state index in [2.05, 4.69) is 217 Å². The molecule has 1 heterocycles. The highest BCUT2D eigenvalue weighted by Crippen LogP contribution is 2.49. The third-order valence-electron chi connectivity index (χ3n) is 10.1. The average Bonchev–Trinajstić information content (AvgIpc) is 3.57. The molecule has 0 atom stereocenters. The fourth-order valence-electron chi connectivity index (χ4n) is 7.48. The molecule has 0 saturated carbocycles. The van der Waals surface area contributed by atoms with E-state index < -0.39 is 8.07 Å². The van der Waals surface area contributed by atoms with Crippen LogP contribution in [0.15, 0.2) is 188 Å². The van der Waals surface area contributed by atoms with Crippen molar-refractivity contribution in [1.29, 1.82) is 0 Å². The van der Waals surface area contributed by atoms with Crippen molar-refractivity contribution >= 4 is 89.7 Å². The summed E-state index contributed by atoms with van der Waals surface area (Å²) in [6.07, 6.45) is 0. The molecule has 4 heteroatoms. The minimum Gasteiger partial charge on any atom is -0.310 e. The van der Waals surface area contributed by atoms with Crippen LogP contribution in [0.5, 0.6) is 0 Å². The topological polar surface area (TPSA) is 6.48 Å². The number of rotatable bonds is 8. The fraction of sp³-hybridized carbons (Fsp3) is 0.0612. The summed E-state index contributed by atoms with van der Waals surface area (Å²) in [6.45, 7) is 7.37. The zero-order valence-electron chi connectivity index (χ0n) is 30.2. The fourth-order valence-corrected chi connectivity index (χ4v) is 9.70. The molecule has 0 fully saturated rings. The van der Waals surface area contributed by atoms with Crippen molar-refractivity contribution in [2.45, 2.75) is 19.6 Å². The van der Waals surface area contributed by atoms with E-state index in [9.17, 15) is 0 Å². The van der Waals surface area contributed by atoms with E-state index in [-0.39, 0.29) is 0 Å². The second-order valence-electron chi connectivity index (χ2n) is 14.7. The molecule has 53 heavy (non-hydrogen) atoms. The van der Waals surface area contributed by atoms with Crippen LogP contribution in [0.1, 0.15) is 0 Å². The molecular weight excluding hydrogens is 677 g/mol. The summed E-state index contributed by atoms with van der Waals surface area (Å²) in [6, 6.07) is 69.0. The molecule has 0 spiro atoms. The molecule has 0 aliphatic heterocycles. The Hall–Kier alpha value is -5.94. The van der Waals surface area contributed by atoms with Gasteiger partial charge in [-0.3, -0.25) is 0 Å². The van der Waals surface area contributed by atoms with Gasteiger partial charge in [-0.15, -0.1) is 11.3 Å². The van der Waals surface area contributed by atoms with E-state index in [0.29, 0.717) is 0 Å². The van der Waals surface area contributed by atoms with Crippen LogP contribution in [0.2, 0.25) is 19.6 Å². The number of hydrogen-bond acceptors (Lipinski definition) is 3. The molecule has 0 bridgehead atoms. The molecule has 256 valence electrons. The largest absolute Gasteiger partial charge is 0.310 e. The summed E-state index contributed by atoms with van der Waals surface area (Å²) in [7, 11) is -1.88. The highest BCUT2D eigenvalue weighted by molar-refractivity contribution is 7.25. The number of thiophene rings is 1. The Bertz CT molecular complexity index is 2720. The smallest absolute Gasteiger partial charge is 0.0777 e. The highest BCUT2D eigenvalue weighted by Gasteiger charge is 2.29. The maximum atomic E-state index is 2.49. The zero-order valence-corrected chi connectivity index (χ0v) is 32.0. The van der Waals surface area contributed by atoms with Crippen molar-refractivity contribution in [1.82, 2.24) is 0 Å². The molecule has 2 nitrogen and oxygen atoms in total. The monoisotopic (exact) mass is 716 g/mol. The highest BCUT2D eigenvalue weighted by atomic mass is 32.1. The summed E-state index contributed by atoms with van der Waals surface area (Å²) in [5.74, 6) is 0. The molecule has 9 rings (SSSR count). The minimum atomic E-state index is -1.88. The van der Waals surface area contributed by atoms with Crippen LogP contribution in [0.3, 0.4) is 0 Å². The summed E-state index contributed by atoms with van der Waals surface area (Å²) >= 11 is 1.86. The Balaban J connectivity index is 1.40. The quantitative estimate of drug-likeness (QED) is 0.144. The first-order chi connectivity index (χ1) is 25.9. The number of fused-ring (bicyclic) bond motifs is 4. The number of hydrogen-bond donors (Lipinski definition) is 0. The number of anilines is 6. The lowest BCUT2D eigenvalue weighted by Crippen LogP contribution is -2.38. The van der Waals surface area contributed by atoms with E-state index in [4.69, 9.17) is 0 Å². The van der Waals surface area contributed by atoms with E-state index in [1.807, 2.05) is 11.3 Å². The summed E-state index contributed by atoms with van der Waals surface area (Å²) in [5.41, 5.74) is 9.19. The van der Waals surface area contributed by atoms with Crippen molar-refractivity contribution in [3.8, 4) is 11.1 Å². The number of para-hydroxylation sites is 2. The first kappa shape index (κ1) is 32.9. The molecule has 0 amide bonds. The molecule has 8 aromatic carbocycles. The van der Waals surface area contributed by atoms with Gasteiger partial charge < -0.3 is 9.80 Å². The third-order valence-corrected chi connectivity index (χ3v) is 13.3. The number of benzene rings is 8. The number of nitrogens with zero attached hydrogens (tertiary/aromatic N) is 2. The van der Waals surface area contributed by atoms with Gasteiger partial charge in [-0.1, -0.05) is 140 Å². The maximum Gasteiger partial charge on any atom is 0.0777 e. The lowest BCUT2D eigenvalue weighted by atomic mass is 9.97. The van der Waals surface area contributed by atoms with Gasteiger partial charge in [0.15, 0.2) is 0 Å². The molecule has 0 saturated heterocycles. The second kappa shape index (κ2) is 13.6. The first-order valence-corrected chi connectivity index (χ1v) is 22.6. The van der Waals surface area contributed by atoms with Gasteiger partial charge in [-0.25, -0.2) is 0 Å². The van der Waals surface area contributed by atoms with Crippen LogP contribution in [-0.2, 0) is 0 Å². The van der Waals surface area contributed by atoms with Crippen LogP contribution in [-0.4, -0.2) is 8.07 Å². The molecule has 0 radical (unpaired) electrons. The van der Waals surface area contributed by atoms with Gasteiger partial charge >= 0.3 is 0 Å². The van der Waals surface area contributed by atoms with E-state index in [1.165, 1.54) is 47.3 Å². The Morgan fingerprint density at radius 1 is 0.396 bits per heavy atom. The van der Waals surface area contributed by atoms with Crippen LogP contribution < -0.4 is 15.0 Å². The normalized spacial score (nSPS) is 11.7. The minimum absolute atomic E-state index is 1.12. The van der Waals surface area contributed by atoms with Gasteiger partial charge in [-0.05, 0) is 89.1 Å². The summed E-state index contributed by atoms with van der Waals surface area (Å²) < 4.78 is 2.61. The predicted molar refractivity (Wildman–Crippen MR) is 235 cm³/mol. The van der Waals surface area contributed by atoms with Crippen LogP contribution in [0, 0.1) is 0 Å². The standard InChI is InChI=1S/C49H40N2SSi/c1-53(2,3)42-33-45(50(38-21-9-5-10-22-38)40-28-27-35-17-13-14-20-37(35)31-40)49(36-18-7-4-8-19-36)46(34-42)51(39-23-11-6-12-24-39)41-29-30-48-44(32-41)43-25-15-16-26-47(43)52-48/h4-34H,1-3H3. The molecule has 0 N–H and O–H groups in total. The van der Waals surface area contributed by atoms with Gasteiger partial charge in [0.25, 0.3) is 0 Å². The Labute approximate surface area is 316 Å². The van der Waals surface area contributed by atoms with E-state index in [0.717, 1.165) is 34.1 Å². The Kier molecular flexibility index (Phi) is 8.42. The molecule has 0 aliphatic rings. The van der Waals surface area contributed by atoms with Crippen molar-refractivity contribution in [2.75, 3.05) is 9.80 Å². The third kappa shape index (κ3) is 6.20. The van der Waals surface area contributed by atoms with Gasteiger partial charge in [0.1, 0.15) is 0 Å². The summed E-state index contributed by atoms with van der Waals surface area (Å²) in [5, 5.41) is 6.43. The van der Waals surface area contributed by atoms with Gasteiger partial charge in [0.2, 0.25) is 0 Å². The Morgan fingerprint density at radius 2 is 0.906 bits per heavy atom. The van der Waals surface area contributed by atoms with E-state index >= 15 is 0 Å². The lowest BCUT2D eigenvalue weighted by Gasteiger charge is -2.35. The van der Waals surface area contributed by atoms with Gasteiger partial charge in [0.05, 0.1) is 19.4 Å². The Morgan fingerprint density at radius 3 is 1.55 bits per heavy atom. The first-order valence-electron chi connectivity index (χ1n) is 18.3. The predicted octanol–water partition coefficient (Wildman–Crippen LogP) is 14.4. The van der Waals surface area contributed by atoms with Gasteiger partial charge in [0, 0.05) is 48.5 Å². The lowest BCUT2D eigenvalue weighted by molar-refractivity contribution is 1.26. The van der Waals surface area contributed by atoms with Crippen molar-refractivity contribution in [3.05, 3.63) is 188 Å². The molecule has 1 aromatic heterocycles. The van der Waals surface area contributed by atoms with Crippen molar-refractivity contribution < 1.29 is 0 Å². The SMILES string of the molecule is C[Si](C)(C)c1cc(N(c2ccccc2)c2ccc3ccccc3c2)c(-c2ccccc2)c(N(c2ccccc2)c2ccc3sc4ccccc4c3c2)c1. The van der Waals surface area contributed by atoms with E-state index in [1.54, 1.807) is 0 Å². The van der Waals surface area contributed by atoms with Crippen molar-refractivity contribution in [2.24, 2.45) is 0 Å². The molecule has 0 aliphatic carbocycles. The van der Waals surface area contributed by atoms with Crippen LogP contribution >= 0.6 is 11.3 Å². The average molecular weight is 717 g/mol. The maximum absolute atomic E-state index is 2.49. The molecule has 0 unspecified atom stereocenters. The summed E-state index contributed by atoms with van der Waals surface area (Å²) in [4.78, 5) is 4.96. The van der Waals surface area contributed by atoms with Gasteiger partial charge in [-0.2, -0.15) is 0 Å². The molecule has 9 aromatic rings. The van der Waals surface area contributed by atoms with Crippen LogP contribution in [0.4, 0.5) is 34.1 Å². The second-order valence-corrected chi connectivity index (χ2v) is 20.8. The zero-order chi connectivity index (χ0) is 35.9.